The van der Waals surface area contributed by atoms with Crippen LogP contribution in [-0.4, -0.2) is 37.3 Å². The van der Waals surface area contributed by atoms with E-state index >= 15 is 0 Å². The van der Waals surface area contributed by atoms with Crippen LogP contribution in [0.2, 0.25) is 0 Å². The van der Waals surface area contributed by atoms with E-state index in [1.165, 1.54) is 4.90 Å². The van der Waals surface area contributed by atoms with Crippen molar-refractivity contribution >= 4 is 17.7 Å². The number of benzene rings is 1. The number of piperidine rings is 1. The molecule has 1 fully saturated rings. The molecule has 0 bridgehead atoms. The Labute approximate surface area is 122 Å². The Morgan fingerprint density at radius 1 is 1.24 bits per heavy atom. The number of Topliss-reactive ketones (excluding diaryl/α,β-unsaturated/α-hetero) is 1. The number of likely N-dealkylation sites (tertiary alicyclic amines) is 1. The van der Waals surface area contributed by atoms with Gasteiger partial charge in [0.25, 0.3) is 5.91 Å². The molecule has 0 unspecified atom stereocenters. The highest BCUT2D eigenvalue weighted by atomic mass is 16.4. The molecule has 1 amide bonds. The molecule has 1 aliphatic heterocycles. The molecule has 1 aliphatic rings. The Bertz CT molecular complexity index is 546. The first-order valence-electron chi connectivity index (χ1n) is 6.97. The maximum absolute atomic E-state index is 11.8. The Morgan fingerprint density at radius 3 is 2.62 bits per heavy atom. The van der Waals surface area contributed by atoms with E-state index in [9.17, 15) is 19.5 Å². The molecule has 0 saturated carbocycles. The van der Waals surface area contributed by atoms with Gasteiger partial charge in [-0.05, 0) is 12.1 Å². The number of carboxylic acid groups (broad SMARTS) is 1. The summed E-state index contributed by atoms with van der Waals surface area (Å²) in [6, 6.07) is 7.11. The number of hydrogen-bond acceptors (Lipinski definition) is 4. The van der Waals surface area contributed by atoms with Gasteiger partial charge in [0.15, 0.2) is 0 Å². The second kappa shape index (κ2) is 6.99. The van der Waals surface area contributed by atoms with Crippen molar-refractivity contribution in [3.8, 4) is 0 Å². The van der Waals surface area contributed by atoms with Crippen LogP contribution < -0.4 is 15.3 Å². The van der Waals surface area contributed by atoms with E-state index < -0.39 is 18.4 Å². The number of hydrogen-bond donors (Lipinski definition) is 2. The Kier molecular flexibility index (Phi) is 5.05. The van der Waals surface area contributed by atoms with Gasteiger partial charge < -0.3 is 20.1 Å². The Balaban J connectivity index is 1.95. The molecule has 0 spiro atoms. The first-order chi connectivity index (χ1) is 10.0. The number of carbonyl (C=O) groups excluding carboxylic acids is 3. The number of nitrogens with one attached hydrogen (secondary N) is 2. The van der Waals surface area contributed by atoms with Gasteiger partial charge in [0.05, 0.1) is 38.4 Å². The van der Waals surface area contributed by atoms with Crippen molar-refractivity contribution in [2.45, 2.75) is 19.4 Å². The molecule has 2 N–H and O–H groups in total. The van der Waals surface area contributed by atoms with E-state index in [4.69, 9.17) is 0 Å². The van der Waals surface area contributed by atoms with Crippen LogP contribution in [0, 0.1) is 0 Å². The summed E-state index contributed by atoms with van der Waals surface area (Å²) in [6.45, 7) is 1.90. The molecule has 1 saturated heterocycles. The predicted molar refractivity (Wildman–Crippen MR) is 72.4 cm³/mol. The van der Waals surface area contributed by atoms with Crippen LogP contribution in [0.4, 0.5) is 0 Å². The standard InChI is InChI=1S/C15H18N2O4/c18-13-4-6-17(7-5-13)10-11-2-1-3-12(8-11)15(21)16-9-14(19)20/h1-3,8H,4-7,9-10H2,(H,16,21)(H,19,20). The Morgan fingerprint density at radius 2 is 1.95 bits per heavy atom. The zero-order valence-electron chi connectivity index (χ0n) is 11.7. The lowest BCUT2D eigenvalue weighted by atomic mass is 10.1. The molecular weight excluding hydrogens is 272 g/mol. The number of ketones is 1. The van der Waals surface area contributed by atoms with Crippen LogP contribution >= 0.6 is 0 Å². The van der Waals surface area contributed by atoms with Crippen molar-refractivity contribution in [2.75, 3.05) is 19.6 Å². The van der Waals surface area contributed by atoms with Gasteiger partial charge in [-0.2, -0.15) is 0 Å². The van der Waals surface area contributed by atoms with Gasteiger partial charge in [-0.3, -0.25) is 9.59 Å². The average Bonchev–Trinajstić information content (AvgIpc) is 2.47. The first-order valence-corrected chi connectivity index (χ1v) is 6.97. The third-order valence-electron chi connectivity index (χ3n) is 3.55. The fourth-order valence-electron chi connectivity index (χ4n) is 2.42. The minimum atomic E-state index is -1.32. The summed E-state index contributed by atoms with van der Waals surface area (Å²) in [5.74, 6) is -1.43. The summed E-state index contributed by atoms with van der Waals surface area (Å²) >= 11 is 0. The molecule has 6 nitrogen and oxygen atoms in total. The number of rotatable bonds is 5. The van der Waals surface area contributed by atoms with E-state index in [1.54, 1.807) is 18.2 Å². The lowest BCUT2D eigenvalue weighted by Crippen LogP contribution is -3.11. The summed E-state index contributed by atoms with van der Waals surface area (Å²) in [7, 11) is 0. The smallest absolute Gasteiger partial charge is 0.251 e. The van der Waals surface area contributed by atoms with Gasteiger partial charge in [0.2, 0.25) is 0 Å². The van der Waals surface area contributed by atoms with Crippen LogP contribution in [0.1, 0.15) is 28.8 Å². The number of carboxylic acids is 1. The third-order valence-corrected chi connectivity index (χ3v) is 3.55. The fraction of sp³-hybridized carbons (Fsp3) is 0.400. The second-order valence-electron chi connectivity index (χ2n) is 5.22. The molecule has 6 heteroatoms. The number of quaternary nitrogens is 1. The lowest BCUT2D eigenvalue weighted by molar-refractivity contribution is -0.915. The number of carbonyl (C=O) groups is 3. The fourth-order valence-corrected chi connectivity index (χ4v) is 2.42. The molecule has 0 atom stereocenters. The van der Waals surface area contributed by atoms with Crippen molar-refractivity contribution < 1.29 is 24.4 Å². The third kappa shape index (κ3) is 4.68. The molecule has 1 aromatic rings. The van der Waals surface area contributed by atoms with Gasteiger partial charge in [-0.1, -0.05) is 12.1 Å². The first kappa shape index (κ1) is 15.2. The number of amides is 1. The van der Waals surface area contributed by atoms with Crippen molar-refractivity contribution in [2.24, 2.45) is 0 Å². The maximum Gasteiger partial charge on any atom is 0.251 e. The van der Waals surface area contributed by atoms with Crippen LogP contribution in [-0.2, 0) is 16.1 Å². The predicted octanol–water partition coefficient (Wildman–Crippen LogP) is -2.09. The molecule has 2 rings (SSSR count). The van der Waals surface area contributed by atoms with Crippen LogP contribution in [0.15, 0.2) is 24.3 Å². The molecule has 0 radical (unpaired) electrons. The summed E-state index contributed by atoms with van der Waals surface area (Å²) in [4.78, 5) is 34.7. The largest absolute Gasteiger partial charge is 0.548 e. The summed E-state index contributed by atoms with van der Waals surface area (Å²) < 4.78 is 0. The topological polar surface area (TPSA) is 90.7 Å². The van der Waals surface area contributed by atoms with Crippen molar-refractivity contribution in [3.05, 3.63) is 35.4 Å². The summed E-state index contributed by atoms with van der Waals surface area (Å²) in [6.07, 6.45) is 1.22. The zero-order valence-corrected chi connectivity index (χ0v) is 11.7. The normalized spacial score (nSPS) is 15.7. The zero-order chi connectivity index (χ0) is 15.2. The molecule has 0 aromatic heterocycles. The lowest BCUT2D eigenvalue weighted by Gasteiger charge is -2.23. The monoisotopic (exact) mass is 290 g/mol. The average molecular weight is 290 g/mol. The molecule has 1 heterocycles. The molecule has 0 aliphatic carbocycles. The van der Waals surface area contributed by atoms with Crippen molar-refractivity contribution in [1.29, 1.82) is 0 Å². The van der Waals surface area contributed by atoms with E-state index in [1.807, 2.05) is 6.07 Å². The highest BCUT2D eigenvalue weighted by Gasteiger charge is 2.19. The van der Waals surface area contributed by atoms with E-state index in [2.05, 4.69) is 5.32 Å². The van der Waals surface area contributed by atoms with Gasteiger partial charge in [0.1, 0.15) is 12.3 Å². The van der Waals surface area contributed by atoms with E-state index in [-0.39, 0.29) is 0 Å². The van der Waals surface area contributed by atoms with Crippen LogP contribution in [0.3, 0.4) is 0 Å². The van der Waals surface area contributed by atoms with E-state index in [0.717, 1.165) is 25.2 Å². The van der Waals surface area contributed by atoms with Gasteiger partial charge >= 0.3 is 0 Å². The Hall–Kier alpha value is -2.21. The van der Waals surface area contributed by atoms with Crippen molar-refractivity contribution in [3.63, 3.8) is 0 Å². The second-order valence-corrected chi connectivity index (χ2v) is 5.22. The summed E-state index contributed by atoms with van der Waals surface area (Å²) in [5.41, 5.74) is 1.43. The van der Waals surface area contributed by atoms with E-state index in [0.29, 0.717) is 24.2 Å². The van der Waals surface area contributed by atoms with Crippen LogP contribution in [0.5, 0.6) is 0 Å². The molecular formula is C15H18N2O4. The molecule has 112 valence electrons. The molecule has 21 heavy (non-hydrogen) atoms. The highest BCUT2D eigenvalue weighted by molar-refractivity contribution is 5.95. The van der Waals surface area contributed by atoms with Gasteiger partial charge in [0, 0.05) is 11.1 Å². The highest BCUT2D eigenvalue weighted by Crippen LogP contribution is 2.05. The SMILES string of the molecule is O=C([O-])CNC(=O)c1cccc(C[NH+]2CCC(=O)CC2)c1. The van der Waals surface area contributed by atoms with Gasteiger partial charge in [-0.25, -0.2) is 0 Å². The minimum Gasteiger partial charge on any atom is -0.548 e. The number of aliphatic carboxylic acids is 1. The summed E-state index contributed by atoms with van der Waals surface area (Å²) in [5, 5.41) is 12.6. The minimum absolute atomic E-state index is 0.314. The molecule has 1 aromatic carbocycles. The van der Waals surface area contributed by atoms with Crippen LogP contribution in [0.25, 0.3) is 0 Å². The maximum atomic E-state index is 11.8. The van der Waals surface area contributed by atoms with Gasteiger partial charge in [-0.15, -0.1) is 0 Å². The quantitative estimate of drug-likeness (QED) is 0.651. The van der Waals surface area contributed by atoms with Crippen molar-refractivity contribution in [1.82, 2.24) is 5.32 Å².